The number of unbranched alkanes of at least 4 members (excludes halogenated alkanes) is 4. The summed E-state index contributed by atoms with van der Waals surface area (Å²) in [7, 11) is 0. The minimum atomic E-state index is -0.933. The van der Waals surface area contributed by atoms with Crippen molar-refractivity contribution in [3.63, 3.8) is 0 Å². The van der Waals surface area contributed by atoms with Crippen molar-refractivity contribution in [1.29, 1.82) is 0 Å². The average Bonchev–Trinajstić information content (AvgIpc) is 2.58. The van der Waals surface area contributed by atoms with Crippen molar-refractivity contribution in [2.75, 3.05) is 6.61 Å². The molecule has 3 nitrogen and oxygen atoms in total. The number of rotatable bonds is 9. The summed E-state index contributed by atoms with van der Waals surface area (Å²) in [5.41, 5.74) is 2.22. The van der Waals surface area contributed by atoms with Gasteiger partial charge in [0.25, 0.3) is 0 Å². The van der Waals surface area contributed by atoms with Crippen LogP contribution >= 0.6 is 0 Å². The van der Waals surface area contributed by atoms with E-state index in [0.29, 0.717) is 12.4 Å². The van der Waals surface area contributed by atoms with Crippen LogP contribution in [0.25, 0.3) is 11.1 Å². The Morgan fingerprint density at radius 1 is 1.00 bits per heavy atom. The van der Waals surface area contributed by atoms with E-state index in [1.165, 1.54) is 19.3 Å². The maximum atomic E-state index is 11.2. The molecule has 0 aromatic heterocycles. The topological polar surface area (TPSA) is 46.5 Å². The molecule has 0 unspecified atom stereocenters. The fourth-order valence-electron chi connectivity index (χ4n) is 2.52. The van der Waals surface area contributed by atoms with Gasteiger partial charge in [-0.25, -0.2) is 4.79 Å². The van der Waals surface area contributed by atoms with Gasteiger partial charge in [-0.05, 0) is 30.2 Å². The van der Waals surface area contributed by atoms with Crippen molar-refractivity contribution < 1.29 is 14.6 Å². The highest BCUT2D eigenvalue weighted by Gasteiger charge is 2.11. The van der Waals surface area contributed by atoms with Crippen LogP contribution in [0.2, 0.25) is 0 Å². The second-order valence-electron chi connectivity index (χ2n) is 5.64. The lowest BCUT2D eigenvalue weighted by Crippen LogP contribution is -2.02. The first kappa shape index (κ1) is 17.1. The molecule has 2 aromatic rings. The molecule has 0 amide bonds. The third-order valence-electron chi connectivity index (χ3n) is 3.82. The number of carboxylic acids is 1. The predicted octanol–water partition coefficient (Wildman–Crippen LogP) is 5.40. The van der Waals surface area contributed by atoms with E-state index in [9.17, 15) is 9.90 Å². The zero-order chi connectivity index (χ0) is 16.5. The Hall–Kier alpha value is -2.29. The Morgan fingerprint density at radius 2 is 1.74 bits per heavy atom. The van der Waals surface area contributed by atoms with Gasteiger partial charge in [0.2, 0.25) is 0 Å². The summed E-state index contributed by atoms with van der Waals surface area (Å²) in [6, 6.07) is 15.0. The lowest BCUT2D eigenvalue weighted by molar-refractivity contribution is 0.0696. The minimum Gasteiger partial charge on any atom is -0.493 e. The summed E-state index contributed by atoms with van der Waals surface area (Å²) in [6.45, 7) is 2.81. The molecule has 0 radical (unpaired) electrons. The van der Waals surface area contributed by atoms with Gasteiger partial charge in [0.1, 0.15) is 5.75 Å². The molecular formula is C20H24O3. The van der Waals surface area contributed by atoms with Crippen LogP contribution < -0.4 is 4.74 Å². The third-order valence-corrected chi connectivity index (χ3v) is 3.82. The van der Waals surface area contributed by atoms with Gasteiger partial charge < -0.3 is 9.84 Å². The van der Waals surface area contributed by atoms with E-state index in [-0.39, 0.29) is 5.56 Å². The van der Waals surface area contributed by atoms with Crippen molar-refractivity contribution in [1.82, 2.24) is 0 Å². The molecule has 122 valence electrons. The van der Waals surface area contributed by atoms with Gasteiger partial charge in [-0.2, -0.15) is 0 Å². The van der Waals surface area contributed by atoms with Crippen molar-refractivity contribution in [3.8, 4) is 16.9 Å². The van der Waals surface area contributed by atoms with Crippen LogP contribution in [0, 0.1) is 0 Å². The molecule has 0 bridgehead atoms. The first-order valence-electron chi connectivity index (χ1n) is 8.28. The first-order valence-corrected chi connectivity index (χ1v) is 8.28. The SMILES string of the molecule is CCCCCCCOc1cc(C(=O)O)ccc1-c1ccccc1. The highest BCUT2D eigenvalue weighted by atomic mass is 16.5. The summed E-state index contributed by atoms with van der Waals surface area (Å²) in [5.74, 6) is -0.288. The summed E-state index contributed by atoms with van der Waals surface area (Å²) < 4.78 is 5.90. The Morgan fingerprint density at radius 3 is 2.43 bits per heavy atom. The maximum absolute atomic E-state index is 11.2. The number of carboxylic acid groups (broad SMARTS) is 1. The van der Waals surface area contributed by atoms with Crippen LogP contribution in [-0.2, 0) is 0 Å². The summed E-state index contributed by atoms with van der Waals surface area (Å²) in [4.78, 5) is 11.2. The number of ether oxygens (including phenoxy) is 1. The summed E-state index contributed by atoms with van der Waals surface area (Å²) in [5, 5.41) is 9.18. The smallest absolute Gasteiger partial charge is 0.335 e. The Labute approximate surface area is 137 Å². The highest BCUT2D eigenvalue weighted by Crippen LogP contribution is 2.31. The van der Waals surface area contributed by atoms with Gasteiger partial charge in [-0.15, -0.1) is 0 Å². The average molecular weight is 312 g/mol. The second-order valence-corrected chi connectivity index (χ2v) is 5.64. The monoisotopic (exact) mass is 312 g/mol. The summed E-state index contributed by atoms with van der Waals surface area (Å²) >= 11 is 0. The van der Waals surface area contributed by atoms with Crippen LogP contribution in [0.1, 0.15) is 49.4 Å². The van der Waals surface area contributed by atoms with Crippen LogP contribution in [0.3, 0.4) is 0 Å². The normalized spacial score (nSPS) is 10.5. The molecule has 0 heterocycles. The highest BCUT2D eigenvalue weighted by molar-refractivity contribution is 5.89. The van der Waals surface area contributed by atoms with Crippen LogP contribution in [0.4, 0.5) is 0 Å². The number of benzene rings is 2. The Balaban J connectivity index is 2.11. The predicted molar refractivity (Wildman–Crippen MR) is 93.1 cm³/mol. The van der Waals surface area contributed by atoms with Crippen LogP contribution in [0.15, 0.2) is 48.5 Å². The van der Waals surface area contributed by atoms with E-state index in [1.54, 1.807) is 12.1 Å². The van der Waals surface area contributed by atoms with Gasteiger partial charge in [0.05, 0.1) is 12.2 Å². The number of carbonyl (C=O) groups is 1. The van der Waals surface area contributed by atoms with E-state index in [0.717, 1.165) is 24.0 Å². The van der Waals surface area contributed by atoms with Gasteiger partial charge in [-0.1, -0.05) is 62.9 Å². The van der Waals surface area contributed by atoms with Crippen molar-refractivity contribution in [2.45, 2.75) is 39.0 Å². The molecule has 23 heavy (non-hydrogen) atoms. The molecule has 0 atom stereocenters. The number of aromatic carboxylic acids is 1. The van der Waals surface area contributed by atoms with Gasteiger partial charge in [0.15, 0.2) is 0 Å². The molecule has 2 rings (SSSR count). The Bertz CT molecular complexity index is 620. The van der Waals surface area contributed by atoms with Crippen LogP contribution in [0.5, 0.6) is 5.75 Å². The van der Waals surface area contributed by atoms with Gasteiger partial charge in [-0.3, -0.25) is 0 Å². The van der Waals surface area contributed by atoms with E-state index in [2.05, 4.69) is 6.92 Å². The van der Waals surface area contributed by atoms with Crippen molar-refractivity contribution in [3.05, 3.63) is 54.1 Å². The fraction of sp³-hybridized carbons (Fsp3) is 0.350. The van der Waals surface area contributed by atoms with E-state index in [1.807, 2.05) is 36.4 Å². The zero-order valence-electron chi connectivity index (χ0n) is 13.6. The van der Waals surface area contributed by atoms with Gasteiger partial charge in [0, 0.05) is 5.56 Å². The van der Waals surface area contributed by atoms with E-state index < -0.39 is 5.97 Å². The summed E-state index contributed by atoms with van der Waals surface area (Å²) in [6.07, 6.45) is 5.84. The molecule has 0 saturated carbocycles. The van der Waals surface area contributed by atoms with E-state index in [4.69, 9.17) is 4.74 Å². The quantitative estimate of drug-likeness (QED) is 0.630. The maximum Gasteiger partial charge on any atom is 0.335 e. The molecule has 3 heteroatoms. The molecule has 0 aliphatic carbocycles. The number of hydrogen-bond acceptors (Lipinski definition) is 2. The van der Waals surface area contributed by atoms with Crippen molar-refractivity contribution >= 4 is 5.97 Å². The van der Waals surface area contributed by atoms with Crippen molar-refractivity contribution in [2.24, 2.45) is 0 Å². The molecule has 0 aliphatic rings. The fourth-order valence-corrected chi connectivity index (χ4v) is 2.52. The molecular weight excluding hydrogens is 288 g/mol. The third kappa shape index (κ3) is 5.13. The zero-order valence-corrected chi connectivity index (χ0v) is 13.6. The lowest BCUT2D eigenvalue weighted by atomic mass is 10.0. The molecule has 0 aliphatic heterocycles. The molecule has 0 saturated heterocycles. The van der Waals surface area contributed by atoms with E-state index >= 15 is 0 Å². The first-order chi connectivity index (χ1) is 11.2. The van der Waals surface area contributed by atoms with Gasteiger partial charge >= 0.3 is 5.97 Å². The molecule has 2 aromatic carbocycles. The molecule has 0 spiro atoms. The minimum absolute atomic E-state index is 0.255. The molecule has 1 N–H and O–H groups in total. The Kier molecular flexibility index (Phi) is 6.67. The van der Waals surface area contributed by atoms with Crippen LogP contribution in [-0.4, -0.2) is 17.7 Å². The second kappa shape index (κ2) is 8.99. The standard InChI is InChI=1S/C20H24O3/c1-2-3-4-5-9-14-23-19-15-17(20(21)22)12-13-18(19)16-10-7-6-8-11-16/h6-8,10-13,15H,2-5,9,14H2,1H3,(H,21,22). The molecule has 0 fully saturated rings. The number of hydrogen-bond donors (Lipinski definition) is 1. The lowest BCUT2D eigenvalue weighted by Gasteiger charge is -2.13. The largest absolute Gasteiger partial charge is 0.493 e.